The fraction of sp³-hybridized carbons (Fsp3) is 0.611. The van der Waals surface area contributed by atoms with E-state index in [9.17, 15) is 0 Å². The molecule has 25 heavy (non-hydrogen) atoms. The standard InChI is InChI=1S/C18H26N6O/c1-14-11-22(2)17(20-14)16-13-23(9-10-25-16)12-15-5-6-19-18(21-15)24-7-3-4-8-24/h5-6,11,16H,3-4,7-10,12-13H2,1-2H3/t16-/m1/s1. The van der Waals surface area contributed by atoms with Gasteiger partial charge in [0.25, 0.3) is 0 Å². The van der Waals surface area contributed by atoms with Gasteiger partial charge in [-0.3, -0.25) is 4.90 Å². The quantitative estimate of drug-likeness (QED) is 0.843. The van der Waals surface area contributed by atoms with Crippen LogP contribution < -0.4 is 4.90 Å². The first-order valence-corrected chi connectivity index (χ1v) is 9.10. The van der Waals surface area contributed by atoms with Crippen LogP contribution >= 0.6 is 0 Å². The summed E-state index contributed by atoms with van der Waals surface area (Å²) in [4.78, 5) is 18.5. The number of hydrogen-bond acceptors (Lipinski definition) is 6. The van der Waals surface area contributed by atoms with E-state index in [4.69, 9.17) is 9.72 Å². The molecule has 0 N–H and O–H groups in total. The van der Waals surface area contributed by atoms with Gasteiger partial charge in [-0.05, 0) is 25.8 Å². The van der Waals surface area contributed by atoms with E-state index in [0.29, 0.717) is 0 Å². The largest absolute Gasteiger partial charge is 0.368 e. The predicted molar refractivity (Wildman–Crippen MR) is 95.4 cm³/mol. The summed E-state index contributed by atoms with van der Waals surface area (Å²) in [6.07, 6.45) is 6.43. The Morgan fingerprint density at radius 2 is 2.04 bits per heavy atom. The summed E-state index contributed by atoms with van der Waals surface area (Å²) >= 11 is 0. The minimum atomic E-state index is 0.0207. The Morgan fingerprint density at radius 3 is 2.80 bits per heavy atom. The van der Waals surface area contributed by atoms with Crippen LogP contribution in [0.15, 0.2) is 18.5 Å². The van der Waals surface area contributed by atoms with Crippen LogP contribution in [0.4, 0.5) is 5.95 Å². The van der Waals surface area contributed by atoms with Crippen LogP contribution in [-0.4, -0.2) is 57.2 Å². The number of ether oxygens (including phenoxy) is 1. The number of hydrogen-bond donors (Lipinski definition) is 0. The van der Waals surface area contributed by atoms with Gasteiger partial charge in [0.15, 0.2) is 0 Å². The number of rotatable bonds is 4. The molecule has 4 rings (SSSR count). The molecule has 2 saturated heterocycles. The van der Waals surface area contributed by atoms with Gasteiger partial charge in [0, 0.05) is 52.2 Å². The molecule has 2 fully saturated rings. The van der Waals surface area contributed by atoms with Gasteiger partial charge in [0.05, 0.1) is 18.0 Å². The molecule has 2 aliphatic rings. The predicted octanol–water partition coefficient (Wildman–Crippen LogP) is 1.69. The van der Waals surface area contributed by atoms with Crippen molar-refractivity contribution in [3.63, 3.8) is 0 Å². The van der Waals surface area contributed by atoms with Crippen LogP contribution in [0.2, 0.25) is 0 Å². The molecule has 2 aromatic heterocycles. The van der Waals surface area contributed by atoms with Crippen LogP contribution in [0.3, 0.4) is 0 Å². The maximum Gasteiger partial charge on any atom is 0.225 e. The van der Waals surface area contributed by atoms with E-state index in [2.05, 4.69) is 24.3 Å². The van der Waals surface area contributed by atoms with E-state index in [1.54, 1.807) is 0 Å². The summed E-state index contributed by atoms with van der Waals surface area (Å²) in [7, 11) is 2.03. The Kier molecular flexibility index (Phi) is 4.67. The van der Waals surface area contributed by atoms with Crippen LogP contribution in [0.5, 0.6) is 0 Å². The topological polar surface area (TPSA) is 59.3 Å². The van der Waals surface area contributed by atoms with Gasteiger partial charge in [-0.25, -0.2) is 15.0 Å². The van der Waals surface area contributed by atoms with Crippen molar-refractivity contribution in [3.05, 3.63) is 35.7 Å². The fourth-order valence-corrected chi connectivity index (χ4v) is 3.71. The highest BCUT2D eigenvalue weighted by molar-refractivity contribution is 5.31. The molecule has 4 heterocycles. The van der Waals surface area contributed by atoms with Gasteiger partial charge in [-0.2, -0.15) is 0 Å². The van der Waals surface area contributed by atoms with Crippen molar-refractivity contribution in [3.8, 4) is 0 Å². The second-order valence-corrected chi connectivity index (χ2v) is 6.99. The second-order valence-electron chi connectivity index (χ2n) is 6.99. The number of imidazole rings is 1. The normalized spacial score (nSPS) is 21.8. The van der Waals surface area contributed by atoms with Crippen molar-refractivity contribution >= 4 is 5.95 Å². The first kappa shape index (κ1) is 16.5. The summed E-state index contributed by atoms with van der Waals surface area (Å²) < 4.78 is 8.03. The molecular formula is C18H26N6O. The average Bonchev–Trinajstić information content (AvgIpc) is 3.25. The lowest BCUT2D eigenvalue weighted by Crippen LogP contribution is -2.39. The summed E-state index contributed by atoms with van der Waals surface area (Å²) in [5, 5.41) is 0. The van der Waals surface area contributed by atoms with Crippen molar-refractivity contribution in [1.82, 2.24) is 24.4 Å². The summed E-state index contributed by atoms with van der Waals surface area (Å²) in [6, 6.07) is 2.02. The first-order valence-electron chi connectivity index (χ1n) is 9.10. The van der Waals surface area contributed by atoms with E-state index < -0.39 is 0 Å². The Bertz CT molecular complexity index is 724. The molecule has 0 aliphatic carbocycles. The highest BCUT2D eigenvalue weighted by Crippen LogP contribution is 2.23. The van der Waals surface area contributed by atoms with E-state index in [1.165, 1.54) is 12.8 Å². The minimum absolute atomic E-state index is 0.0207. The zero-order valence-corrected chi connectivity index (χ0v) is 15.1. The highest BCUT2D eigenvalue weighted by atomic mass is 16.5. The molecule has 7 nitrogen and oxygen atoms in total. The number of nitrogens with zero attached hydrogens (tertiary/aromatic N) is 6. The molecule has 0 unspecified atom stereocenters. The Hall–Kier alpha value is -1.99. The maximum absolute atomic E-state index is 5.97. The lowest BCUT2D eigenvalue weighted by atomic mass is 10.2. The van der Waals surface area contributed by atoms with Crippen molar-refractivity contribution in [1.29, 1.82) is 0 Å². The summed E-state index contributed by atoms with van der Waals surface area (Å²) in [6.45, 7) is 7.47. The van der Waals surface area contributed by atoms with Gasteiger partial charge >= 0.3 is 0 Å². The maximum atomic E-state index is 5.97. The molecule has 0 aromatic carbocycles. The SMILES string of the molecule is Cc1cn(C)c([C@H]2CN(Cc3ccnc(N4CCCC4)n3)CCO2)n1. The molecular weight excluding hydrogens is 316 g/mol. The molecule has 0 radical (unpaired) electrons. The van der Waals surface area contributed by atoms with Crippen LogP contribution in [0.1, 0.15) is 36.2 Å². The average molecular weight is 342 g/mol. The van der Waals surface area contributed by atoms with Crippen molar-refractivity contribution in [2.45, 2.75) is 32.4 Å². The van der Waals surface area contributed by atoms with E-state index in [1.807, 2.05) is 32.4 Å². The van der Waals surface area contributed by atoms with Gasteiger partial charge in [0.1, 0.15) is 11.9 Å². The summed E-state index contributed by atoms with van der Waals surface area (Å²) in [5.41, 5.74) is 2.11. The Labute approximate surface area is 148 Å². The number of morpholine rings is 1. The van der Waals surface area contributed by atoms with Crippen molar-refractivity contribution in [2.75, 3.05) is 37.7 Å². The van der Waals surface area contributed by atoms with E-state index >= 15 is 0 Å². The van der Waals surface area contributed by atoms with Gasteiger partial charge in [0.2, 0.25) is 5.95 Å². The lowest BCUT2D eigenvalue weighted by Gasteiger charge is -2.32. The lowest BCUT2D eigenvalue weighted by molar-refractivity contribution is -0.0387. The van der Waals surface area contributed by atoms with Crippen LogP contribution in [0.25, 0.3) is 0 Å². The molecule has 2 aliphatic heterocycles. The molecule has 7 heteroatoms. The number of aromatic nitrogens is 4. The van der Waals surface area contributed by atoms with Gasteiger partial charge in [-0.15, -0.1) is 0 Å². The number of anilines is 1. The van der Waals surface area contributed by atoms with Gasteiger partial charge in [-0.1, -0.05) is 0 Å². The smallest absolute Gasteiger partial charge is 0.225 e. The van der Waals surface area contributed by atoms with Crippen LogP contribution in [0, 0.1) is 6.92 Å². The molecule has 0 saturated carbocycles. The van der Waals surface area contributed by atoms with E-state index in [0.717, 1.165) is 62.5 Å². The van der Waals surface area contributed by atoms with Crippen molar-refractivity contribution < 1.29 is 4.74 Å². The molecule has 134 valence electrons. The third-order valence-electron chi connectivity index (χ3n) is 4.95. The third-order valence-corrected chi connectivity index (χ3v) is 4.95. The first-order chi connectivity index (χ1) is 12.2. The second kappa shape index (κ2) is 7.09. The highest BCUT2D eigenvalue weighted by Gasteiger charge is 2.26. The zero-order chi connectivity index (χ0) is 17.2. The minimum Gasteiger partial charge on any atom is -0.368 e. The Morgan fingerprint density at radius 1 is 1.20 bits per heavy atom. The zero-order valence-electron chi connectivity index (χ0n) is 15.1. The fourth-order valence-electron chi connectivity index (χ4n) is 3.71. The molecule has 1 atom stereocenters. The molecule has 0 spiro atoms. The summed E-state index contributed by atoms with van der Waals surface area (Å²) in [5.74, 6) is 1.88. The molecule has 2 aromatic rings. The van der Waals surface area contributed by atoms with Gasteiger partial charge < -0.3 is 14.2 Å². The molecule has 0 amide bonds. The van der Waals surface area contributed by atoms with E-state index in [-0.39, 0.29) is 6.10 Å². The Balaban J connectivity index is 1.44. The van der Waals surface area contributed by atoms with Crippen molar-refractivity contribution in [2.24, 2.45) is 7.05 Å². The number of aryl methyl sites for hydroxylation is 2. The monoisotopic (exact) mass is 342 g/mol. The molecule has 0 bridgehead atoms. The third kappa shape index (κ3) is 3.67. The van der Waals surface area contributed by atoms with Crippen LogP contribution in [-0.2, 0) is 18.3 Å².